The van der Waals surface area contributed by atoms with Gasteiger partial charge in [0.2, 0.25) is 0 Å². The van der Waals surface area contributed by atoms with Crippen molar-refractivity contribution in [3.05, 3.63) is 120 Å². The molecule has 1 aromatic heterocycles. The molecule has 0 radical (unpaired) electrons. The lowest BCUT2D eigenvalue weighted by Gasteiger charge is -2.13. The van der Waals surface area contributed by atoms with Crippen molar-refractivity contribution in [2.75, 3.05) is 0 Å². The van der Waals surface area contributed by atoms with Crippen molar-refractivity contribution >= 4 is 53.1 Å². The van der Waals surface area contributed by atoms with Gasteiger partial charge in [0.05, 0.1) is 0 Å². The van der Waals surface area contributed by atoms with E-state index in [2.05, 4.69) is 138 Å². The fraction of sp³-hybridized carbons (Fsp3) is 0.220. The van der Waals surface area contributed by atoms with E-state index in [9.17, 15) is 0 Å². The number of rotatable bonds is 6. The summed E-state index contributed by atoms with van der Waals surface area (Å²) in [5.41, 5.74) is 9.39. The Bertz CT molecular complexity index is 2090. The van der Waals surface area contributed by atoms with Crippen molar-refractivity contribution in [2.45, 2.75) is 47.5 Å². The molecule has 208 valence electrons. The van der Waals surface area contributed by atoms with Crippen LogP contribution in [0.5, 0.6) is 0 Å². The maximum atomic E-state index is 2.47. The van der Waals surface area contributed by atoms with Crippen LogP contribution in [0.4, 0.5) is 0 Å². The van der Waals surface area contributed by atoms with E-state index in [4.69, 9.17) is 0 Å². The van der Waals surface area contributed by atoms with Gasteiger partial charge in [-0.05, 0) is 117 Å². The molecule has 0 saturated carbocycles. The van der Waals surface area contributed by atoms with Gasteiger partial charge in [-0.25, -0.2) is 0 Å². The summed E-state index contributed by atoms with van der Waals surface area (Å²) in [6, 6.07) is 39.4. The molecule has 0 aliphatic heterocycles. The summed E-state index contributed by atoms with van der Waals surface area (Å²) in [6.45, 7) is 11.4. The summed E-state index contributed by atoms with van der Waals surface area (Å²) < 4.78 is 2.79. The first-order chi connectivity index (χ1) is 20.3. The molecule has 6 aromatic carbocycles. The summed E-state index contributed by atoms with van der Waals surface area (Å²) in [6.07, 6.45) is 2.21. The molecule has 42 heavy (non-hydrogen) atoms. The van der Waals surface area contributed by atoms with E-state index in [1.165, 1.54) is 80.7 Å². The minimum absolute atomic E-state index is 0.615. The Morgan fingerprint density at radius 1 is 0.524 bits per heavy atom. The first-order valence-electron chi connectivity index (χ1n) is 15.3. The van der Waals surface area contributed by atoms with Gasteiger partial charge in [-0.2, -0.15) is 0 Å². The zero-order valence-corrected chi connectivity index (χ0v) is 26.1. The first-order valence-corrected chi connectivity index (χ1v) is 16.2. The smallest absolute Gasteiger partial charge is 0.0434 e. The van der Waals surface area contributed by atoms with Crippen LogP contribution in [0, 0.1) is 18.8 Å². The summed E-state index contributed by atoms with van der Waals surface area (Å²) >= 11 is 1.94. The number of aryl methyl sites for hydroxylation is 1. The third-order valence-electron chi connectivity index (χ3n) is 8.51. The van der Waals surface area contributed by atoms with Crippen molar-refractivity contribution in [1.29, 1.82) is 0 Å². The van der Waals surface area contributed by atoms with E-state index in [0.717, 1.165) is 12.8 Å². The highest BCUT2D eigenvalue weighted by molar-refractivity contribution is 7.26. The zero-order valence-electron chi connectivity index (χ0n) is 25.3. The number of benzene rings is 6. The monoisotopic (exact) mass is 562 g/mol. The minimum atomic E-state index is 0.615. The average molecular weight is 563 g/mol. The summed E-state index contributed by atoms with van der Waals surface area (Å²) in [7, 11) is 0. The number of fused-ring (bicyclic) bond motifs is 6. The first kappa shape index (κ1) is 26.9. The molecule has 1 heteroatoms. The molecule has 1 heterocycles. The largest absolute Gasteiger partial charge is 0.135 e. The van der Waals surface area contributed by atoms with Crippen molar-refractivity contribution in [1.82, 2.24) is 0 Å². The van der Waals surface area contributed by atoms with Gasteiger partial charge in [0, 0.05) is 20.2 Å². The number of hydrogen-bond acceptors (Lipinski definition) is 1. The molecule has 0 atom stereocenters. The van der Waals surface area contributed by atoms with Gasteiger partial charge in [-0.1, -0.05) is 106 Å². The molecule has 7 rings (SSSR count). The second kappa shape index (κ2) is 10.7. The van der Waals surface area contributed by atoms with Crippen LogP contribution in [-0.2, 0) is 12.8 Å². The topological polar surface area (TPSA) is 0 Å². The lowest BCUT2D eigenvalue weighted by atomic mass is 9.91. The van der Waals surface area contributed by atoms with Gasteiger partial charge < -0.3 is 0 Å². The Morgan fingerprint density at radius 3 is 1.93 bits per heavy atom. The summed E-state index contributed by atoms with van der Waals surface area (Å²) in [5.74, 6) is 1.27. The SMILES string of the molecule is Cc1ccc2cc(-c3ccc(-c4cc(CC(C)C)cc5c4sc4ccc(CC(C)C)cc45)cc3)c3ccccc3c2c1. The van der Waals surface area contributed by atoms with Crippen LogP contribution < -0.4 is 0 Å². The second-order valence-corrected chi connectivity index (χ2v) is 14.0. The molecule has 0 aliphatic rings. The molecule has 0 bridgehead atoms. The van der Waals surface area contributed by atoms with E-state index in [-0.39, 0.29) is 0 Å². The molecule has 7 aromatic rings. The van der Waals surface area contributed by atoms with Gasteiger partial charge in [-0.15, -0.1) is 11.3 Å². The molecule has 0 nitrogen and oxygen atoms in total. The van der Waals surface area contributed by atoms with E-state index in [1.54, 1.807) is 0 Å². The normalized spacial score (nSPS) is 12.1. The summed E-state index contributed by atoms with van der Waals surface area (Å²) in [5, 5.41) is 8.08. The highest BCUT2D eigenvalue weighted by Gasteiger charge is 2.15. The Balaban J connectivity index is 1.38. The zero-order chi connectivity index (χ0) is 29.0. The predicted molar refractivity (Wildman–Crippen MR) is 187 cm³/mol. The van der Waals surface area contributed by atoms with Crippen molar-refractivity contribution < 1.29 is 0 Å². The van der Waals surface area contributed by atoms with E-state index in [1.807, 2.05) is 11.3 Å². The maximum absolute atomic E-state index is 2.47. The van der Waals surface area contributed by atoms with Gasteiger partial charge in [0.25, 0.3) is 0 Å². The summed E-state index contributed by atoms with van der Waals surface area (Å²) in [4.78, 5) is 0. The molecule has 0 amide bonds. The van der Waals surface area contributed by atoms with Crippen LogP contribution in [0.15, 0.2) is 103 Å². The molecule has 0 fully saturated rings. The lowest BCUT2D eigenvalue weighted by Crippen LogP contribution is -1.95. The molecule has 0 N–H and O–H groups in total. The average Bonchev–Trinajstić information content (AvgIpc) is 3.34. The number of hydrogen-bond donors (Lipinski definition) is 0. The Morgan fingerprint density at radius 2 is 1.19 bits per heavy atom. The second-order valence-electron chi connectivity index (χ2n) is 12.9. The highest BCUT2D eigenvalue weighted by Crippen LogP contribution is 2.43. The molecule has 0 saturated heterocycles. The third-order valence-corrected chi connectivity index (χ3v) is 9.73. The lowest BCUT2D eigenvalue weighted by molar-refractivity contribution is 0.647. The van der Waals surface area contributed by atoms with E-state index < -0.39 is 0 Å². The van der Waals surface area contributed by atoms with Crippen LogP contribution in [0.25, 0.3) is 64.0 Å². The number of thiophene rings is 1. The van der Waals surface area contributed by atoms with Crippen LogP contribution in [0.2, 0.25) is 0 Å². The highest BCUT2D eigenvalue weighted by atomic mass is 32.1. The predicted octanol–water partition coefficient (Wildman–Crippen LogP) is 12.4. The maximum Gasteiger partial charge on any atom is 0.0434 e. The molecular formula is C41H38S. The minimum Gasteiger partial charge on any atom is -0.135 e. The van der Waals surface area contributed by atoms with Crippen molar-refractivity contribution in [3.8, 4) is 22.3 Å². The third kappa shape index (κ3) is 4.91. The van der Waals surface area contributed by atoms with Crippen LogP contribution in [-0.4, -0.2) is 0 Å². The Kier molecular flexibility index (Phi) is 6.87. The van der Waals surface area contributed by atoms with Crippen molar-refractivity contribution in [2.24, 2.45) is 11.8 Å². The van der Waals surface area contributed by atoms with Gasteiger partial charge >= 0.3 is 0 Å². The van der Waals surface area contributed by atoms with Gasteiger partial charge in [0.15, 0.2) is 0 Å². The van der Waals surface area contributed by atoms with Crippen molar-refractivity contribution in [3.63, 3.8) is 0 Å². The Hall–Kier alpha value is -3.94. The van der Waals surface area contributed by atoms with Crippen LogP contribution in [0.3, 0.4) is 0 Å². The fourth-order valence-corrected chi connectivity index (χ4v) is 7.87. The van der Waals surface area contributed by atoms with Crippen LogP contribution in [0.1, 0.15) is 44.4 Å². The molecular weight excluding hydrogens is 525 g/mol. The fourth-order valence-electron chi connectivity index (χ4n) is 6.67. The van der Waals surface area contributed by atoms with Gasteiger partial charge in [0.1, 0.15) is 0 Å². The van der Waals surface area contributed by atoms with E-state index in [0.29, 0.717) is 11.8 Å². The van der Waals surface area contributed by atoms with E-state index >= 15 is 0 Å². The van der Waals surface area contributed by atoms with Crippen LogP contribution >= 0.6 is 11.3 Å². The molecule has 0 aliphatic carbocycles. The quantitative estimate of drug-likeness (QED) is 0.177. The van der Waals surface area contributed by atoms with Gasteiger partial charge in [-0.3, -0.25) is 0 Å². The molecule has 0 unspecified atom stereocenters. The molecule has 0 spiro atoms. The standard InChI is InChI=1S/C41H38S/c1-25(2)18-28-11-17-40-38(21-28)39-23-29(19-26(3)4)22-37(41(39)42-40)31-15-13-30(14-16-31)36-24-32-12-10-27(5)20-35(32)33-8-6-7-9-34(33)36/h6-17,20-26H,18-19H2,1-5H3. The Labute approximate surface area is 253 Å².